The molecule has 86 valence electrons. The van der Waals surface area contributed by atoms with Crippen LogP contribution in [0.2, 0.25) is 0 Å². The lowest BCUT2D eigenvalue weighted by Crippen LogP contribution is -2.53. The van der Waals surface area contributed by atoms with Gasteiger partial charge in [0, 0.05) is 23.9 Å². The van der Waals surface area contributed by atoms with Gasteiger partial charge in [-0.1, -0.05) is 13.3 Å². The van der Waals surface area contributed by atoms with Crippen LogP contribution in [-0.2, 0) is 9.53 Å². The third-order valence-electron chi connectivity index (χ3n) is 3.72. The van der Waals surface area contributed by atoms with Crippen LogP contribution in [0.5, 0.6) is 0 Å². The molecule has 15 heavy (non-hydrogen) atoms. The molecule has 0 radical (unpaired) electrons. The van der Waals surface area contributed by atoms with Crippen LogP contribution >= 0.6 is 0 Å². The average Bonchev–Trinajstić information content (AvgIpc) is 2.14. The molecule has 1 heterocycles. The number of carbonyl (C=O) groups is 1. The predicted molar refractivity (Wildman–Crippen MR) is 58.7 cm³/mol. The summed E-state index contributed by atoms with van der Waals surface area (Å²) in [5, 5.41) is 3.45. The second-order valence-corrected chi connectivity index (χ2v) is 5.03. The van der Waals surface area contributed by atoms with E-state index < -0.39 is 0 Å². The Morgan fingerprint density at radius 2 is 2.13 bits per heavy atom. The molecule has 0 spiro atoms. The van der Waals surface area contributed by atoms with Crippen LogP contribution in [-0.4, -0.2) is 31.1 Å². The molecule has 1 saturated carbocycles. The SMILES string of the molecule is CC1COCC(C(C)C(=O)C2CCC2)N1. The first-order valence-corrected chi connectivity index (χ1v) is 6.06. The maximum Gasteiger partial charge on any atom is 0.140 e. The van der Waals surface area contributed by atoms with E-state index in [2.05, 4.69) is 12.2 Å². The van der Waals surface area contributed by atoms with Crippen molar-refractivity contribution in [3.63, 3.8) is 0 Å². The van der Waals surface area contributed by atoms with Gasteiger partial charge in [-0.15, -0.1) is 0 Å². The molecule has 3 nitrogen and oxygen atoms in total. The van der Waals surface area contributed by atoms with Crippen molar-refractivity contribution in [2.45, 2.75) is 45.2 Å². The molecule has 3 heteroatoms. The number of nitrogens with one attached hydrogen (secondary N) is 1. The van der Waals surface area contributed by atoms with Crippen molar-refractivity contribution in [2.24, 2.45) is 11.8 Å². The van der Waals surface area contributed by atoms with Crippen LogP contribution < -0.4 is 5.32 Å². The van der Waals surface area contributed by atoms with Gasteiger partial charge in [0.25, 0.3) is 0 Å². The Morgan fingerprint density at radius 1 is 1.40 bits per heavy atom. The minimum Gasteiger partial charge on any atom is -0.378 e. The zero-order chi connectivity index (χ0) is 10.8. The second kappa shape index (κ2) is 4.62. The van der Waals surface area contributed by atoms with E-state index in [0.29, 0.717) is 24.3 Å². The molecule has 3 atom stereocenters. The quantitative estimate of drug-likeness (QED) is 0.766. The van der Waals surface area contributed by atoms with E-state index in [1.165, 1.54) is 6.42 Å². The highest BCUT2D eigenvalue weighted by Gasteiger charge is 2.34. The maximum atomic E-state index is 12.0. The molecule has 0 bridgehead atoms. The molecule has 1 N–H and O–H groups in total. The van der Waals surface area contributed by atoms with Crippen molar-refractivity contribution in [1.29, 1.82) is 0 Å². The molecule has 0 aromatic heterocycles. The van der Waals surface area contributed by atoms with Gasteiger partial charge in [0.2, 0.25) is 0 Å². The zero-order valence-electron chi connectivity index (χ0n) is 9.66. The Kier molecular flexibility index (Phi) is 3.42. The van der Waals surface area contributed by atoms with Crippen molar-refractivity contribution in [3.8, 4) is 0 Å². The van der Waals surface area contributed by atoms with Crippen LogP contribution in [0, 0.1) is 11.8 Å². The van der Waals surface area contributed by atoms with Crippen LogP contribution in [0.1, 0.15) is 33.1 Å². The van der Waals surface area contributed by atoms with Gasteiger partial charge >= 0.3 is 0 Å². The second-order valence-electron chi connectivity index (χ2n) is 5.03. The number of carbonyl (C=O) groups excluding carboxylic acids is 1. The Morgan fingerprint density at radius 3 is 2.67 bits per heavy atom. The average molecular weight is 211 g/mol. The largest absolute Gasteiger partial charge is 0.378 e. The molecule has 1 aliphatic carbocycles. The summed E-state index contributed by atoms with van der Waals surface area (Å²) in [7, 11) is 0. The van der Waals surface area contributed by atoms with E-state index in [-0.39, 0.29) is 12.0 Å². The minimum absolute atomic E-state index is 0.109. The summed E-state index contributed by atoms with van der Waals surface area (Å²) in [5.74, 6) is 0.897. The van der Waals surface area contributed by atoms with Gasteiger partial charge in [0.15, 0.2) is 0 Å². The fourth-order valence-electron chi connectivity index (χ4n) is 2.38. The predicted octanol–water partition coefficient (Wildman–Crippen LogP) is 1.37. The standard InChI is InChI=1S/C12H21NO2/c1-8-6-15-7-11(13-8)9(2)12(14)10-4-3-5-10/h8-11,13H,3-7H2,1-2H3. The third kappa shape index (κ3) is 2.40. The highest BCUT2D eigenvalue weighted by Crippen LogP contribution is 2.30. The first-order valence-electron chi connectivity index (χ1n) is 6.06. The van der Waals surface area contributed by atoms with Crippen molar-refractivity contribution in [3.05, 3.63) is 0 Å². The number of hydrogen-bond acceptors (Lipinski definition) is 3. The molecule has 0 aromatic rings. The number of ketones is 1. The molecule has 1 aliphatic heterocycles. The Bertz CT molecular complexity index is 238. The van der Waals surface area contributed by atoms with Gasteiger partial charge in [0.1, 0.15) is 5.78 Å². The van der Waals surface area contributed by atoms with Gasteiger partial charge in [-0.3, -0.25) is 4.79 Å². The number of rotatable bonds is 3. The highest BCUT2D eigenvalue weighted by atomic mass is 16.5. The lowest BCUT2D eigenvalue weighted by atomic mass is 9.76. The summed E-state index contributed by atoms with van der Waals surface area (Å²) >= 11 is 0. The molecular weight excluding hydrogens is 190 g/mol. The topological polar surface area (TPSA) is 38.3 Å². The maximum absolute atomic E-state index is 12.0. The lowest BCUT2D eigenvalue weighted by Gasteiger charge is -2.35. The summed E-state index contributed by atoms with van der Waals surface area (Å²) in [4.78, 5) is 12.0. The van der Waals surface area contributed by atoms with Crippen LogP contribution in [0.4, 0.5) is 0 Å². The molecule has 1 saturated heterocycles. The van der Waals surface area contributed by atoms with Crippen molar-refractivity contribution < 1.29 is 9.53 Å². The molecule has 2 fully saturated rings. The first-order chi connectivity index (χ1) is 7.18. The molecular formula is C12H21NO2. The Balaban J connectivity index is 1.88. The fourth-order valence-corrected chi connectivity index (χ4v) is 2.38. The fraction of sp³-hybridized carbons (Fsp3) is 0.917. The number of ether oxygens (including phenoxy) is 1. The van der Waals surface area contributed by atoms with E-state index in [1.807, 2.05) is 6.92 Å². The van der Waals surface area contributed by atoms with Crippen LogP contribution in [0.3, 0.4) is 0 Å². The molecule has 0 aromatic carbocycles. The Labute approximate surface area is 91.6 Å². The van der Waals surface area contributed by atoms with E-state index in [9.17, 15) is 4.79 Å². The summed E-state index contributed by atoms with van der Waals surface area (Å²) in [6.07, 6.45) is 3.44. The lowest BCUT2D eigenvalue weighted by molar-refractivity contribution is -0.131. The third-order valence-corrected chi connectivity index (χ3v) is 3.72. The van der Waals surface area contributed by atoms with Crippen LogP contribution in [0.25, 0.3) is 0 Å². The van der Waals surface area contributed by atoms with Crippen molar-refractivity contribution in [1.82, 2.24) is 5.32 Å². The molecule has 2 rings (SSSR count). The first kappa shape index (κ1) is 11.1. The van der Waals surface area contributed by atoms with Gasteiger partial charge in [0.05, 0.1) is 13.2 Å². The van der Waals surface area contributed by atoms with Gasteiger partial charge < -0.3 is 10.1 Å². The van der Waals surface area contributed by atoms with Crippen LogP contribution in [0.15, 0.2) is 0 Å². The van der Waals surface area contributed by atoms with Gasteiger partial charge in [-0.05, 0) is 19.8 Å². The smallest absolute Gasteiger partial charge is 0.140 e. The minimum atomic E-state index is 0.109. The number of morpholine rings is 1. The monoisotopic (exact) mass is 211 g/mol. The highest BCUT2D eigenvalue weighted by molar-refractivity contribution is 5.84. The van der Waals surface area contributed by atoms with Crippen molar-refractivity contribution >= 4 is 5.78 Å². The normalized spacial score (nSPS) is 34.5. The van der Waals surface area contributed by atoms with E-state index in [0.717, 1.165) is 19.4 Å². The summed E-state index contributed by atoms with van der Waals surface area (Å²) in [6.45, 7) is 5.59. The number of Topliss-reactive ketones (excluding diaryl/α,β-unsaturated/α-hetero) is 1. The van der Waals surface area contributed by atoms with E-state index in [4.69, 9.17) is 4.74 Å². The van der Waals surface area contributed by atoms with E-state index >= 15 is 0 Å². The van der Waals surface area contributed by atoms with Crippen molar-refractivity contribution in [2.75, 3.05) is 13.2 Å². The summed E-state index contributed by atoms with van der Waals surface area (Å²) in [6, 6.07) is 0.599. The molecule has 3 unspecified atom stereocenters. The summed E-state index contributed by atoms with van der Waals surface area (Å²) in [5.41, 5.74) is 0. The summed E-state index contributed by atoms with van der Waals surface area (Å²) < 4.78 is 5.48. The Hall–Kier alpha value is -0.410. The van der Waals surface area contributed by atoms with Gasteiger partial charge in [-0.2, -0.15) is 0 Å². The van der Waals surface area contributed by atoms with Gasteiger partial charge in [-0.25, -0.2) is 0 Å². The molecule has 2 aliphatic rings. The number of hydrogen-bond donors (Lipinski definition) is 1. The molecule has 0 amide bonds. The zero-order valence-corrected chi connectivity index (χ0v) is 9.66. The van der Waals surface area contributed by atoms with E-state index in [1.54, 1.807) is 0 Å².